The molecular weight excluding hydrogens is 242 g/mol. The molecule has 2 heteroatoms. The quantitative estimate of drug-likeness (QED) is 0.723. The predicted molar refractivity (Wildman–Crippen MR) is 81.3 cm³/mol. The van der Waals surface area contributed by atoms with Crippen molar-refractivity contribution >= 4 is 11.6 Å². The Morgan fingerprint density at radius 3 is 2.39 bits per heavy atom. The Kier molecular flexibility index (Phi) is 6.73. The Hall–Kier alpha value is -0.530. The van der Waals surface area contributed by atoms with Crippen LogP contribution < -0.4 is 5.32 Å². The Balaban J connectivity index is 3.04. The Bertz CT molecular complexity index is 358. The van der Waals surface area contributed by atoms with E-state index in [1.165, 1.54) is 24.0 Å². The molecule has 1 rings (SSSR count). The summed E-state index contributed by atoms with van der Waals surface area (Å²) in [5.74, 6) is 0.675. The fraction of sp³-hybridized carbons (Fsp3) is 0.625. The number of hydrogen-bond donors (Lipinski definition) is 1. The predicted octanol–water partition coefficient (Wildman–Crippen LogP) is 5.13. The fourth-order valence-corrected chi connectivity index (χ4v) is 2.73. The van der Waals surface area contributed by atoms with Gasteiger partial charge in [0.15, 0.2) is 0 Å². The molecule has 0 bridgehead atoms. The molecule has 0 aromatic heterocycles. The molecule has 0 heterocycles. The molecule has 0 amide bonds. The summed E-state index contributed by atoms with van der Waals surface area (Å²) in [5, 5.41) is 4.57. The Morgan fingerprint density at radius 1 is 1.17 bits per heavy atom. The molecule has 1 N–H and O–H groups in total. The third-order valence-corrected chi connectivity index (χ3v) is 4.19. The second-order valence-electron chi connectivity index (χ2n) is 4.96. The number of rotatable bonds is 7. The average Bonchev–Trinajstić information content (AvgIpc) is 2.38. The van der Waals surface area contributed by atoms with Crippen LogP contribution in [-0.4, -0.2) is 6.54 Å². The summed E-state index contributed by atoms with van der Waals surface area (Å²) in [6.07, 6.45) is 3.56. The number of hydrogen-bond acceptors (Lipinski definition) is 1. The van der Waals surface area contributed by atoms with Gasteiger partial charge in [-0.3, -0.25) is 0 Å². The Labute approximate surface area is 117 Å². The van der Waals surface area contributed by atoms with E-state index in [9.17, 15) is 0 Å². The van der Waals surface area contributed by atoms with E-state index in [1.54, 1.807) is 0 Å². The molecular formula is C16H26ClN. The van der Waals surface area contributed by atoms with E-state index in [0.717, 1.165) is 18.0 Å². The van der Waals surface area contributed by atoms with Gasteiger partial charge in [0.1, 0.15) is 0 Å². The summed E-state index contributed by atoms with van der Waals surface area (Å²) < 4.78 is 0. The van der Waals surface area contributed by atoms with Gasteiger partial charge in [0.25, 0.3) is 0 Å². The first kappa shape index (κ1) is 15.5. The fourth-order valence-electron chi connectivity index (χ4n) is 2.55. The van der Waals surface area contributed by atoms with Crippen molar-refractivity contribution in [3.63, 3.8) is 0 Å². The van der Waals surface area contributed by atoms with E-state index in [-0.39, 0.29) is 0 Å². The first-order chi connectivity index (χ1) is 8.65. The van der Waals surface area contributed by atoms with Crippen LogP contribution in [0.15, 0.2) is 18.2 Å². The lowest BCUT2D eigenvalue weighted by molar-refractivity contribution is 0.340. The van der Waals surface area contributed by atoms with E-state index in [4.69, 9.17) is 11.6 Å². The van der Waals surface area contributed by atoms with E-state index >= 15 is 0 Å². The van der Waals surface area contributed by atoms with E-state index in [2.05, 4.69) is 45.1 Å². The lowest BCUT2D eigenvalue weighted by atomic mass is 9.86. The van der Waals surface area contributed by atoms with Crippen molar-refractivity contribution in [2.24, 2.45) is 5.92 Å². The highest BCUT2D eigenvalue weighted by Crippen LogP contribution is 2.32. The third-order valence-electron chi connectivity index (χ3n) is 3.78. The van der Waals surface area contributed by atoms with Gasteiger partial charge < -0.3 is 5.32 Å². The zero-order chi connectivity index (χ0) is 13.5. The zero-order valence-corrected chi connectivity index (χ0v) is 12.8. The molecule has 0 spiro atoms. The van der Waals surface area contributed by atoms with Crippen molar-refractivity contribution in [2.75, 3.05) is 6.54 Å². The molecule has 1 aromatic rings. The van der Waals surface area contributed by atoms with Crippen LogP contribution in [0.5, 0.6) is 0 Å². The van der Waals surface area contributed by atoms with Crippen LogP contribution in [-0.2, 0) is 0 Å². The number of nitrogens with one attached hydrogen (secondary N) is 1. The lowest BCUT2D eigenvalue weighted by Crippen LogP contribution is -2.29. The van der Waals surface area contributed by atoms with Gasteiger partial charge in [0, 0.05) is 11.1 Å². The second-order valence-corrected chi connectivity index (χ2v) is 5.37. The van der Waals surface area contributed by atoms with Gasteiger partial charge in [-0.25, -0.2) is 0 Å². The van der Waals surface area contributed by atoms with Crippen molar-refractivity contribution in [3.05, 3.63) is 34.3 Å². The smallest absolute Gasteiger partial charge is 0.0438 e. The monoisotopic (exact) mass is 267 g/mol. The Morgan fingerprint density at radius 2 is 1.83 bits per heavy atom. The summed E-state index contributed by atoms with van der Waals surface area (Å²) in [7, 11) is 0. The van der Waals surface area contributed by atoms with Crippen LogP contribution in [0, 0.1) is 12.8 Å². The maximum atomic E-state index is 6.26. The van der Waals surface area contributed by atoms with Gasteiger partial charge in [-0.1, -0.05) is 57.3 Å². The van der Waals surface area contributed by atoms with Crippen molar-refractivity contribution in [3.8, 4) is 0 Å². The minimum Gasteiger partial charge on any atom is -0.310 e. The molecule has 0 aliphatic rings. The highest BCUT2D eigenvalue weighted by Gasteiger charge is 2.21. The molecule has 0 radical (unpaired) electrons. The molecule has 0 saturated carbocycles. The van der Waals surface area contributed by atoms with Crippen LogP contribution in [0.2, 0.25) is 5.02 Å². The van der Waals surface area contributed by atoms with Gasteiger partial charge in [-0.05, 0) is 43.0 Å². The van der Waals surface area contributed by atoms with E-state index < -0.39 is 0 Å². The largest absolute Gasteiger partial charge is 0.310 e. The van der Waals surface area contributed by atoms with Crippen molar-refractivity contribution < 1.29 is 0 Å². The molecule has 0 saturated heterocycles. The topological polar surface area (TPSA) is 12.0 Å². The van der Waals surface area contributed by atoms with E-state index in [1.807, 2.05) is 6.07 Å². The van der Waals surface area contributed by atoms with E-state index in [0.29, 0.717) is 12.0 Å². The molecule has 102 valence electrons. The minimum absolute atomic E-state index is 0.429. The normalized spacial score (nSPS) is 13.0. The minimum atomic E-state index is 0.429. The maximum absolute atomic E-state index is 6.26. The number of benzene rings is 1. The van der Waals surface area contributed by atoms with Gasteiger partial charge in [0.2, 0.25) is 0 Å². The highest BCUT2D eigenvalue weighted by molar-refractivity contribution is 6.31. The van der Waals surface area contributed by atoms with Gasteiger partial charge >= 0.3 is 0 Å². The number of halogens is 1. The molecule has 1 unspecified atom stereocenters. The van der Waals surface area contributed by atoms with Crippen LogP contribution in [0.4, 0.5) is 0 Å². The lowest BCUT2D eigenvalue weighted by Gasteiger charge is -2.28. The molecule has 1 atom stereocenters. The van der Waals surface area contributed by atoms with Crippen molar-refractivity contribution in [2.45, 2.75) is 53.0 Å². The first-order valence-electron chi connectivity index (χ1n) is 7.14. The van der Waals surface area contributed by atoms with Gasteiger partial charge in [0.05, 0.1) is 0 Å². The summed E-state index contributed by atoms with van der Waals surface area (Å²) >= 11 is 6.26. The summed E-state index contributed by atoms with van der Waals surface area (Å²) in [5.41, 5.74) is 2.59. The molecule has 18 heavy (non-hydrogen) atoms. The molecule has 0 aliphatic carbocycles. The van der Waals surface area contributed by atoms with Gasteiger partial charge in [-0.2, -0.15) is 0 Å². The SMILES string of the molecule is CCCNC(c1cccc(Cl)c1C)C(CC)CC. The van der Waals surface area contributed by atoms with Crippen molar-refractivity contribution in [1.82, 2.24) is 5.32 Å². The highest BCUT2D eigenvalue weighted by atomic mass is 35.5. The summed E-state index contributed by atoms with van der Waals surface area (Å²) in [6, 6.07) is 6.68. The molecule has 1 nitrogen and oxygen atoms in total. The van der Waals surface area contributed by atoms with Crippen LogP contribution in [0.1, 0.15) is 57.2 Å². The van der Waals surface area contributed by atoms with Crippen molar-refractivity contribution in [1.29, 1.82) is 0 Å². The van der Waals surface area contributed by atoms with Gasteiger partial charge in [-0.15, -0.1) is 0 Å². The first-order valence-corrected chi connectivity index (χ1v) is 7.51. The maximum Gasteiger partial charge on any atom is 0.0438 e. The summed E-state index contributed by atoms with van der Waals surface area (Å²) in [6.45, 7) is 9.94. The standard InChI is InChI=1S/C16H26ClN/c1-5-11-18-16(13(6-2)7-3)14-9-8-10-15(17)12(14)4/h8-10,13,16,18H,5-7,11H2,1-4H3. The van der Waals surface area contributed by atoms with Crippen LogP contribution in [0.3, 0.4) is 0 Å². The van der Waals surface area contributed by atoms with Crippen LogP contribution >= 0.6 is 11.6 Å². The molecule has 0 fully saturated rings. The summed E-state index contributed by atoms with van der Waals surface area (Å²) in [4.78, 5) is 0. The third kappa shape index (κ3) is 3.73. The zero-order valence-electron chi connectivity index (χ0n) is 12.1. The average molecular weight is 268 g/mol. The van der Waals surface area contributed by atoms with Crippen LogP contribution in [0.25, 0.3) is 0 Å². The second kappa shape index (κ2) is 7.81. The molecule has 1 aromatic carbocycles. The molecule has 0 aliphatic heterocycles.